The van der Waals surface area contributed by atoms with Crippen LogP contribution in [0, 0.1) is 6.92 Å². The summed E-state index contributed by atoms with van der Waals surface area (Å²) in [4.78, 5) is 14.1. The van der Waals surface area contributed by atoms with Crippen molar-refractivity contribution < 1.29 is 9.53 Å². The summed E-state index contributed by atoms with van der Waals surface area (Å²) in [6, 6.07) is 0. The first-order valence-corrected chi connectivity index (χ1v) is 8.38. The van der Waals surface area contributed by atoms with Gasteiger partial charge < -0.3 is 15.4 Å². The number of nitrogens with two attached hydrogens (primary N) is 1. The summed E-state index contributed by atoms with van der Waals surface area (Å²) >= 11 is 6.16. The highest BCUT2D eigenvalue weighted by atomic mass is 35.5. The van der Waals surface area contributed by atoms with Gasteiger partial charge in [-0.2, -0.15) is 5.10 Å². The Balaban J connectivity index is 1.84. The number of piperidine rings is 1. The highest BCUT2D eigenvalue weighted by molar-refractivity contribution is 6.31. The summed E-state index contributed by atoms with van der Waals surface area (Å²) < 4.78 is 7.35. The van der Waals surface area contributed by atoms with Gasteiger partial charge in [0.25, 0.3) is 0 Å². The summed E-state index contributed by atoms with van der Waals surface area (Å²) in [5.41, 5.74) is 7.06. The topological polar surface area (TPSA) is 73.4 Å². The molecule has 0 unspecified atom stereocenters. The summed E-state index contributed by atoms with van der Waals surface area (Å²) in [5.74, 6) is 0.00438. The van der Waals surface area contributed by atoms with E-state index in [1.807, 2.05) is 11.8 Å². The number of nitrogens with zero attached hydrogens (tertiary/aromatic N) is 3. The minimum absolute atomic E-state index is 0.00438. The summed E-state index contributed by atoms with van der Waals surface area (Å²) in [6.07, 6.45) is 6.19. The first-order chi connectivity index (χ1) is 11.0. The maximum Gasteiger partial charge on any atom is 0.246 e. The molecule has 1 amide bonds. The molecular weight excluding hydrogens is 316 g/mol. The molecule has 6 nitrogen and oxygen atoms in total. The number of carbonyl (C=O) groups excluding carboxylic acids is 1. The highest BCUT2D eigenvalue weighted by Gasteiger charge is 2.22. The molecule has 2 rings (SSSR count). The normalized spacial score (nSPS) is 16.4. The molecule has 0 spiro atoms. The third-order valence-electron chi connectivity index (χ3n) is 4.04. The van der Waals surface area contributed by atoms with Crippen molar-refractivity contribution >= 4 is 23.6 Å². The molecular formula is C16H25ClN4O2. The summed E-state index contributed by atoms with van der Waals surface area (Å²) in [7, 11) is 1.78. The van der Waals surface area contributed by atoms with Crippen molar-refractivity contribution in [3.05, 3.63) is 22.5 Å². The van der Waals surface area contributed by atoms with Crippen LogP contribution in [0.25, 0.3) is 6.08 Å². The smallest absolute Gasteiger partial charge is 0.246 e. The quantitative estimate of drug-likeness (QED) is 0.632. The molecule has 0 saturated carbocycles. The summed E-state index contributed by atoms with van der Waals surface area (Å²) in [6.45, 7) is 4.67. The Bertz CT molecular complexity index is 563. The average molecular weight is 341 g/mol. The average Bonchev–Trinajstić information content (AvgIpc) is 2.79. The van der Waals surface area contributed by atoms with Crippen LogP contribution in [-0.4, -0.2) is 52.9 Å². The monoisotopic (exact) mass is 340 g/mol. The number of carbonyl (C=O) groups is 1. The number of aromatic nitrogens is 2. The van der Waals surface area contributed by atoms with Crippen LogP contribution in [0.4, 0.5) is 0 Å². The number of hydrogen-bond donors (Lipinski definition) is 1. The van der Waals surface area contributed by atoms with Crippen LogP contribution in [0.15, 0.2) is 6.08 Å². The van der Waals surface area contributed by atoms with Gasteiger partial charge in [0.1, 0.15) is 5.15 Å². The van der Waals surface area contributed by atoms with Gasteiger partial charge >= 0.3 is 0 Å². The van der Waals surface area contributed by atoms with E-state index in [1.165, 1.54) is 0 Å². The van der Waals surface area contributed by atoms with Crippen LogP contribution in [0.1, 0.15) is 30.5 Å². The predicted molar refractivity (Wildman–Crippen MR) is 91.2 cm³/mol. The Morgan fingerprint density at radius 1 is 1.48 bits per heavy atom. The third-order valence-corrected chi connectivity index (χ3v) is 4.49. The maximum absolute atomic E-state index is 12.3. The standard InChI is InChI=1S/C16H25ClN4O2/c1-12-14(16(17)20(2)19-12)4-5-15(22)21-9-6-13(7-10-21)23-11-3-8-18/h4-5,13H,3,6-11,18H2,1-2H3/b5-4+. The van der Waals surface area contributed by atoms with Gasteiger partial charge in [-0.3, -0.25) is 9.48 Å². The fourth-order valence-corrected chi connectivity index (χ4v) is 2.91. The highest BCUT2D eigenvalue weighted by Crippen LogP contribution is 2.20. The van der Waals surface area contributed by atoms with E-state index in [-0.39, 0.29) is 12.0 Å². The van der Waals surface area contributed by atoms with Gasteiger partial charge in [0.2, 0.25) is 5.91 Å². The van der Waals surface area contributed by atoms with Gasteiger partial charge in [-0.1, -0.05) is 11.6 Å². The first kappa shape index (κ1) is 18.0. The van der Waals surface area contributed by atoms with Crippen molar-refractivity contribution in [1.29, 1.82) is 0 Å². The molecule has 0 aliphatic carbocycles. The van der Waals surface area contributed by atoms with Crippen molar-refractivity contribution in [3.8, 4) is 0 Å². The van der Waals surface area contributed by atoms with Gasteiger partial charge in [0.05, 0.1) is 11.8 Å². The van der Waals surface area contributed by atoms with E-state index in [9.17, 15) is 4.79 Å². The molecule has 1 aliphatic rings. The Morgan fingerprint density at radius 2 is 2.17 bits per heavy atom. The molecule has 0 radical (unpaired) electrons. The lowest BCUT2D eigenvalue weighted by Gasteiger charge is -2.31. The SMILES string of the molecule is Cc1nn(C)c(Cl)c1/C=C/C(=O)N1CCC(OCCCN)CC1. The molecule has 2 N–H and O–H groups in total. The fraction of sp³-hybridized carbons (Fsp3) is 0.625. The van der Waals surface area contributed by atoms with Crippen molar-refractivity contribution in [3.63, 3.8) is 0 Å². The van der Waals surface area contributed by atoms with Crippen LogP contribution >= 0.6 is 11.6 Å². The van der Waals surface area contributed by atoms with E-state index in [2.05, 4.69) is 5.10 Å². The van der Waals surface area contributed by atoms with E-state index < -0.39 is 0 Å². The lowest BCUT2D eigenvalue weighted by Crippen LogP contribution is -2.40. The molecule has 2 heterocycles. The zero-order valence-corrected chi connectivity index (χ0v) is 14.6. The van der Waals surface area contributed by atoms with Crippen LogP contribution in [0.2, 0.25) is 5.15 Å². The first-order valence-electron chi connectivity index (χ1n) is 8.00. The zero-order valence-electron chi connectivity index (χ0n) is 13.8. The second kappa shape index (κ2) is 8.47. The number of amides is 1. The van der Waals surface area contributed by atoms with E-state index in [0.29, 0.717) is 18.3 Å². The molecule has 1 fully saturated rings. The molecule has 1 saturated heterocycles. The molecule has 128 valence electrons. The Kier molecular flexibility index (Phi) is 6.62. The Hall–Kier alpha value is -1.37. The van der Waals surface area contributed by atoms with Crippen molar-refractivity contribution in [2.75, 3.05) is 26.2 Å². The van der Waals surface area contributed by atoms with Crippen molar-refractivity contribution in [2.24, 2.45) is 12.8 Å². The number of likely N-dealkylation sites (tertiary alicyclic amines) is 1. The lowest BCUT2D eigenvalue weighted by atomic mass is 10.1. The second-order valence-electron chi connectivity index (χ2n) is 5.78. The summed E-state index contributed by atoms with van der Waals surface area (Å²) in [5, 5.41) is 4.77. The zero-order chi connectivity index (χ0) is 16.8. The van der Waals surface area contributed by atoms with Crippen molar-refractivity contribution in [2.45, 2.75) is 32.3 Å². The lowest BCUT2D eigenvalue weighted by molar-refractivity contribution is -0.128. The number of rotatable bonds is 6. The third kappa shape index (κ3) is 4.80. The van der Waals surface area contributed by atoms with E-state index in [4.69, 9.17) is 22.1 Å². The van der Waals surface area contributed by atoms with Crippen molar-refractivity contribution in [1.82, 2.24) is 14.7 Å². The molecule has 0 atom stereocenters. The van der Waals surface area contributed by atoms with Gasteiger partial charge in [0, 0.05) is 38.4 Å². The molecule has 1 aromatic heterocycles. The molecule has 0 aromatic carbocycles. The van der Waals surface area contributed by atoms with Gasteiger partial charge in [0.15, 0.2) is 0 Å². The maximum atomic E-state index is 12.3. The van der Waals surface area contributed by atoms with E-state index in [1.54, 1.807) is 23.9 Å². The molecule has 0 bridgehead atoms. The Morgan fingerprint density at radius 3 is 2.74 bits per heavy atom. The Labute approximate surface area is 142 Å². The van der Waals surface area contributed by atoms with Crippen LogP contribution in [-0.2, 0) is 16.6 Å². The van der Waals surface area contributed by atoms with Gasteiger partial charge in [-0.05, 0) is 38.8 Å². The van der Waals surface area contributed by atoms with E-state index in [0.717, 1.165) is 43.6 Å². The number of hydrogen-bond acceptors (Lipinski definition) is 4. The number of aryl methyl sites for hydroxylation is 2. The fourth-order valence-electron chi connectivity index (χ4n) is 2.67. The molecule has 7 heteroatoms. The van der Waals surface area contributed by atoms with Crippen LogP contribution in [0.5, 0.6) is 0 Å². The van der Waals surface area contributed by atoms with E-state index >= 15 is 0 Å². The molecule has 1 aromatic rings. The second-order valence-corrected chi connectivity index (χ2v) is 6.14. The number of ether oxygens (including phenoxy) is 1. The minimum atomic E-state index is 0.00438. The molecule has 23 heavy (non-hydrogen) atoms. The molecule has 1 aliphatic heterocycles. The van der Waals surface area contributed by atoms with Gasteiger partial charge in [-0.25, -0.2) is 0 Å². The van der Waals surface area contributed by atoms with Crippen LogP contribution < -0.4 is 5.73 Å². The minimum Gasteiger partial charge on any atom is -0.378 e. The number of halogens is 1. The van der Waals surface area contributed by atoms with Gasteiger partial charge in [-0.15, -0.1) is 0 Å². The van der Waals surface area contributed by atoms with Crippen LogP contribution in [0.3, 0.4) is 0 Å². The predicted octanol–water partition coefficient (Wildman–Crippen LogP) is 1.75. The largest absolute Gasteiger partial charge is 0.378 e.